The van der Waals surface area contributed by atoms with E-state index in [2.05, 4.69) is 10.6 Å². The molecule has 0 spiro atoms. The van der Waals surface area contributed by atoms with Crippen LogP contribution in [0.2, 0.25) is 0 Å². The molecule has 0 radical (unpaired) electrons. The molecule has 1 heterocycles. The van der Waals surface area contributed by atoms with E-state index in [4.69, 9.17) is 4.74 Å². The first-order valence-electron chi connectivity index (χ1n) is 9.89. The number of amides is 1. The monoisotopic (exact) mass is 371 g/mol. The number of aromatic nitrogens is 1. The van der Waals surface area contributed by atoms with E-state index in [1.807, 2.05) is 19.9 Å². The van der Waals surface area contributed by atoms with Gasteiger partial charge in [-0.15, -0.1) is 0 Å². The molecule has 0 unspecified atom stereocenters. The lowest BCUT2D eigenvalue weighted by Gasteiger charge is -2.39. The summed E-state index contributed by atoms with van der Waals surface area (Å²) >= 11 is 0. The molecule has 2 aliphatic rings. The van der Waals surface area contributed by atoms with Crippen LogP contribution in [0, 0.1) is 25.2 Å². The van der Waals surface area contributed by atoms with Crippen molar-refractivity contribution in [2.24, 2.45) is 0 Å². The molecule has 3 rings (SSSR count). The van der Waals surface area contributed by atoms with Crippen molar-refractivity contribution in [2.75, 3.05) is 7.05 Å². The summed E-state index contributed by atoms with van der Waals surface area (Å²) in [6, 6.07) is 4.67. The molecule has 0 aromatic carbocycles. The molecule has 6 heteroatoms. The Kier molecular flexibility index (Phi) is 5.32. The van der Waals surface area contributed by atoms with Gasteiger partial charge in [0, 0.05) is 24.5 Å². The molecular formula is C21H29N3O3. The molecule has 2 aliphatic carbocycles. The second-order valence-corrected chi connectivity index (χ2v) is 8.03. The van der Waals surface area contributed by atoms with Crippen molar-refractivity contribution in [1.82, 2.24) is 9.47 Å². The fourth-order valence-corrected chi connectivity index (χ4v) is 4.30. The van der Waals surface area contributed by atoms with Crippen molar-refractivity contribution in [3.05, 3.63) is 23.0 Å². The van der Waals surface area contributed by atoms with Crippen molar-refractivity contribution >= 4 is 11.9 Å². The summed E-state index contributed by atoms with van der Waals surface area (Å²) in [6.45, 7) is 5.50. The molecule has 0 aliphatic heterocycles. The second-order valence-electron chi connectivity index (χ2n) is 8.03. The molecule has 0 saturated heterocycles. The topological polar surface area (TPSA) is 75.3 Å². The van der Waals surface area contributed by atoms with Gasteiger partial charge in [-0.3, -0.25) is 4.79 Å². The Balaban J connectivity index is 1.70. The molecule has 146 valence electrons. The minimum absolute atomic E-state index is 0.317. The van der Waals surface area contributed by atoms with Gasteiger partial charge in [-0.25, -0.2) is 4.79 Å². The number of nitriles is 1. The highest BCUT2D eigenvalue weighted by molar-refractivity contribution is 5.93. The van der Waals surface area contributed by atoms with Gasteiger partial charge < -0.3 is 14.2 Å². The number of carbonyl (C=O) groups excluding carboxylic acids is 2. The van der Waals surface area contributed by atoms with Crippen LogP contribution in [0.1, 0.15) is 79.7 Å². The SMILES string of the molecule is Cc1cc(C(=O)O[C@H](C)C(=O)N(C)C2(C#N)CCCCC2)c(C)n1C1CC1. The number of hydrogen-bond donors (Lipinski definition) is 0. The minimum atomic E-state index is -0.918. The fourth-order valence-electron chi connectivity index (χ4n) is 4.30. The lowest BCUT2D eigenvalue weighted by molar-refractivity contribution is -0.143. The van der Waals surface area contributed by atoms with E-state index in [0.717, 1.165) is 43.5 Å². The van der Waals surface area contributed by atoms with Gasteiger partial charge in [0.1, 0.15) is 5.54 Å². The first-order chi connectivity index (χ1) is 12.8. The predicted octanol–water partition coefficient (Wildman–Crippen LogP) is 3.67. The maximum Gasteiger partial charge on any atom is 0.340 e. The molecule has 6 nitrogen and oxygen atoms in total. The van der Waals surface area contributed by atoms with Gasteiger partial charge in [0.25, 0.3) is 5.91 Å². The molecule has 0 bridgehead atoms. The standard InChI is InChI=1S/C21H29N3O3/c1-14-12-18(15(2)24(14)17-8-9-17)20(26)27-16(3)19(25)23(4)21(13-22)10-6-5-7-11-21/h12,16-17H,5-11H2,1-4H3/t16-/m1/s1. The van der Waals surface area contributed by atoms with E-state index >= 15 is 0 Å². The first kappa shape index (κ1) is 19.5. The van der Waals surface area contributed by atoms with Crippen molar-refractivity contribution in [3.63, 3.8) is 0 Å². The summed E-state index contributed by atoms with van der Waals surface area (Å²) in [5.74, 6) is -0.790. The third-order valence-electron chi connectivity index (χ3n) is 6.11. The molecule has 1 amide bonds. The minimum Gasteiger partial charge on any atom is -0.449 e. The van der Waals surface area contributed by atoms with Crippen LogP contribution >= 0.6 is 0 Å². The van der Waals surface area contributed by atoms with Crippen LogP contribution in [-0.2, 0) is 9.53 Å². The lowest BCUT2D eigenvalue weighted by Crippen LogP contribution is -2.53. The number of nitrogens with zero attached hydrogens (tertiary/aromatic N) is 3. The van der Waals surface area contributed by atoms with Gasteiger partial charge in [-0.1, -0.05) is 19.3 Å². The Bertz CT molecular complexity index is 779. The van der Waals surface area contributed by atoms with Crippen molar-refractivity contribution in [1.29, 1.82) is 5.26 Å². The number of hydrogen-bond acceptors (Lipinski definition) is 4. The third-order valence-corrected chi connectivity index (χ3v) is 6.11. The summed E-state index contributed by atoms with van der Waals surface area (Å²) in [6.07, 6.45) is 5.68. The van der Waals surface area contributed by atoms with Crippen LogP contribution in [0.4, 0.5) is 0 Å². The zero-order chi connectivity index (χ0) is 19.8. The zero-order valence-corrected chi connectivity index (χ0v) is 16.7. The van der Waals surface area contributed by atoms with Crippen LogP contribution in [0.15, 0.2) is 6.07 Å². The van der Waals surface area contributed by atoms with Crippen LogP contribution in [0.5, 0.6) is 0 Å². The van der Waals surface area contributed by atoms with Gasteiger partial charge in [-0.05, 0) is 52.5 Å². The largest absolute Gasteiger partial charge is 0.449 e. The van der Waals surface area contributed by atoms with Crippen LogP contribution in [0.25, 0.3) is 0 Å². The van der Waals surface area contributed by atoms with Gasteiger partial charge in [0.15, 0.2) is 6.10 Å². The van der Waals surface area contributed by atoms with Crippen molar-refractivity contribution < 1.29 is 14.3 Å². The predicted molar refractivity (Wildman–Crippen MR) is 101 cm³/mol. The van der Waals surface area contributed by atoms with E-state index in [0.29, 0.717) is 24.4 Å². The summed E-state index contributed by atoms with van der Waals surface area (Å²) in [4.78, 5) is 27.0. The summed E-state index contributed by atoms with van der Waals surface area (Å²) in [5, 5.41) is 9.68. The quantitative estimate of drug-likeness (QED) is 0.740. The fraction of sp³-hybridized carbons (Fsp3) is 0.667. The Morgan fingerprint density at radius 3 is 2.48 bits per heavy atom. The lowest BCUT2D eigenvalue weighted by atomic mass is 9.81. The molecule has 0 N–H and O–H groups in total. The Morgan fingerprint density at radius 2 is 1.93 bits per heavy atom. The number of rotatable bonds is 5. The molecule has 27 heavy (non-hydrogen) atoms. The number of likely N-dealkylation sites (N-methyl/N-ethyl adjacent to an activating group) is 1. The summed E-state index contributed by atoms with van der Waals surface area (Å²) in [7, 11) is 1.65. The molecule has 2 fully saturated rings. The second kappa shape index (κ2) is 7.38. The van der Waals surface area contributed by atoms with Crippen LogP contribution in [0.3, 0.4) is 0 Å². The maximum absolute atomic E-state index is 12.8. The van der Waals surface area contributed by atoms with Gasteiger partial charge in [0.2, 0.25) is 0 Å². The normalized spacial score (nSPS) is 19.8. The molecular weight excluding hydrogens is 342 g/mol. The van der Waals surface area contributed by atoms with Crippen molar-refractivity contribution in [3.8, 4) is 6.07 Å². The number of carbonyl (C=O) groups is 2. The van der Waals surface area contributed by atoms with E-state index in [-0.39, 0.29) is 5.91 Å². The highest BCUT2D eigenvalue weighted by Crippen LogP contribution is 2.38. The summed E-state index contributed by atoms with van der Waals surface area (Å²) in [5.41, 5.74) is 1.68. The average molecular weight is 371 g/mol. The molecule has 1 aromatic heterocycles. The molecule has 1 atom stereocenters. The first-order valence-corrected chi connectivity index (χ1v) is 9.89. The van der Waals surface area contributed by atoms with Gasteiger partial charge in [-0.2, -0.15) is 5.26 Å². The Hall–Kier alpha value is -2.29. The number of ether oxygens (including phenoxy) is 1. The van der Waals surface area contributed by atoms with E-state index < -0.39 is 17.6 Å². The van der Waals surface area contributed by atoms with Crippen molar-refractivity contribution in [2.45, 2.75) is 83.4 Å². The van der Waals surface area contributed by atoms with E-state index in [1.165, 1.54) is 4.90 Å². The van der Waals surface area contributed by atoms with Crippen LogP contribution in [-0.4, -0.2) is 40.0 Å². The van der Waals surface area contributed by atoms with Gasteiger partial charge >= 0.3 is 5.97 Å². The highest BCUT2D eigenvalue weighted by atomic mass is 16.5. The number of aryl methyl sites for hydroxylation is 1. The van der Waals surface area contributed by atoms with E-state index in [9.17, 15) is 14.9 Å². The zero-order valence-electron chi connectivity index (χ0n) is 16.7. The van der Waals surface area contributed by atoms with E-state index in [1.54, 1.807) is 14.0 Å². The highest BCUT2D eigenvalue weighted by Gasteiger charge is 2.41. The summed E-state index contributed by atoms with van der Waals surface area (Å²) < 4.78 is 7.68. The molecule has 1 aromatic rings. The van der Waals surface area contributed by atoms with Crippen LogP contribution < -0.4 is 0 Å². The third kappa shape index (κ3) is 3.60. The van der Waals surface area contributed by atoms with Gasteiger partial charge in [0.05, 0.1) is 11.6 Å². The number of esters is 1. The Morgan fingerprint density at radius 1 is 1.30 bits per heavy atom. The molecule has 2 saturated carbocycles. The Labute approximate surface area is 161 Å². The average Bonchev–Trinajstić information content (AvgIpc) is 3.45. The maximum atomic E-state index is 12.8. The smallest absolute Gasteiger partial charge is 0.340 e.